The van der Waals surface area contributed by atoms with Gasteiger partial charge in [-0.1, -0.05) is 27.7 Å². The fourth-order valence-corrected chi connectivity index (χ4v) is 2.10. The van der Waals surface area contributed by atoms with Gasteiger partial charge in [-0.3, -0.25) is 4.90 Å². The van der Waals surface area contributed by atoms with E-state index in [-0.39, 0.29) is 0 Å². The Kier molecular flexibility index (Phi) is 5.82. The topological polar surface area (TPSA) is 23.5 Å². The van der Waals surface area contributed by atoms with Crippen LogP contribution in [0.4, 0.5) is 0 Å². The summed E-state index contributed by atoms with van der Waals surface area (Å²) in [5.74, 6) is 0. The smallest absolute Gasteiger partial charge is 0.0718 e. The van der Waals surface area contributed by atoms with Crippen molar-refractivity contribution >= 4 is 0 Å². The fraction of sp³-hybridized carbons (Fsp3) is 1.00. The van der Waals surface area contributed by atoms with Gasteiger partial charge >= 0.3 is 0 Å². The van der Waals surface area contributed by atoms with E-state index in [0.29, 0.717) is 5.41 Å². The van der Waals surface area contributed by atoms with Gasteiger partial charge in [-0.15, -0.1) is 0 Å². The molecule has 1 heterocycles. The first-order chi connectivity index (χ1) is 6.85. The lowest BCUT2D eigenvalue weighted by Crippen LogP contribution is -2.38. The molecule has 0 radical (unpaired) electrons. The van der Waals surface area contributed by atoms with Crippen LogP contribution in [-0.4, -0.2) is 35.2 Å². The Balaban J connectivity index is 0.000000921. The third-order valence-electron chi connectivity index (χ3n) is 3.10. The standard InChI is InChI=1S/C11H23NO.C2H6/c1-5-11(4)6-7-12(9-11)8-10(2,3)13;1-2/h13H,5-9H2,1-4H3;1-2H3/t11-;/m1./s1. The largest absolute Gasteiger partial charge is 0.389 e. The van der Waals surface area contributed by atoms with Crippen molar-refractivity contribution in [3.63, 3.8) is 0 Å². The number of likely N-dealkylation sites (tertiary alicyclic amines) is 1. The van der Waals surface area contributed by atoms with Crippen LogP contribution in [0, 0.1) is 5.41 Å². The van der Waals surface area contributed by atoms with Crippen LogP contribution in [0.2, 0.25) is 0 Å². The second-order valence-electron chi connectivity index (χ2n) is 5.44. The first-order valence-corrected chi connectivity index (χ1v) is 6.29. The third-order valence-corrected chi connectivity index (χ3v) is 3.10. The van der Waals surface area contributed by atoms with E-state index in [2.05, 4.69) is 18.7 Å². The van der Waals surface area contributed by atoms with E-state index in [1.165, 1.54) is 12.8 Å². The maximum absolute atomic E-state index is 9.68. The molecule has 1 saturated heterocycles. The zero-order chi connectivity index (χ0) is 12.1. The lowest BCUT2D eigenvalue weighted by Gasteiger charge is -2.27. The Labute approximate surface area is 95.7 Å². The highest BCUT2D eigenvalue weighted by Crippen LogP contribution is 2.33. The van der Waals surface area contributed by atoms with Gasteiger partial charge in [0.1, 0.15) is 0 Å². The molecule has 1 N–H and O–H groups in total. The molecule has 2 nitrogen and oxygen atoms in total. The van der Waals surface area contributed by atoms with Gasteiger partial charge in [-0.2, -0.15) is 0 Å². The Bertz CT molecular complexity index is 174. The molecule has 15 heavy (non-hydrogen) atoms. The summed E-state index contributed by atoms with van der Waals surface area (Å²) in [5.41, 5.74) is -0.0513. The van der Waals surface area contributed by atoms with E-state index in [1.54, 1.807) is 0 Å². The second kappa shape index (κ2) is 5.86. The molecule has 0 aromatic rings. The number of β-amino-alcohol motifs (C(OH)–C–C–N with tert-alkyl or cyclic N) is 1. The molecule has 0 aromatic carbocycles. The van der Waals surface area contributed by atoms with Crippen LogP contribution >= 0.6 is 0 Å². The van der Waals surface area contributed by atoms with E-state index in [0.717, 1.165) is 19.6 Å². The Morgan fingerprint density at radius 2 is 1.87 bits per heavy atom. The molecule has 1 rings (SSSR count). The number of rotatable bonds is 3. The summed E-state index contributed by atoms with van der Waals surface area (Å²) in [4.78, 5) is 2.38. The van der Waals surface area contributed by atoms with E-state index in [9.17, 15) is 5.11 Å². The monoisotopic (exact) mass is 215 g/mol. The van der Waals surface area contributed by atoms with Gasteiger partial charge < -0.3 is 5.11 Å². The zero-order valence-electron chi connectivity index (χ0n) is 11.4. The Hall–Kier alpha value is -0.0800. The number of aliphatic hydroxyl groups is 1. The van der Waals surface area contributed by atoms with Gasteiger partial charge in [0.2, 0.25) is 0 Å². The number of hydrogen-bond donors (Lipinski definition) is 1. The third kappa shape index (κ3) is 5.53. The summed E-state index contributed by atoms with van der Waals surface area (Å²) < 4.78 is 0. The lowest BCUT2D eigenvalue weighted by atomic mass is 9.87. The Morgan fingerprint density at radius 3 is 2.20 bits per heavy atom. The van der Waals surface area contributed by atoms with Gasteiger partial charge in [-0.25, -0.2) is 0 Å². The molecule has 0 bridgehead atoms. The van der Waals surface area contributed by atoms with Crippen molar-refractivity contribution in [2.75, 3.05) is 19.6 Å². The average molecular weight is 215 g/mol. The Morgan fingerprint density at radius 1 is 1.33 bits per heavy atom. The molecule has 1 atom stereocenters. The fourth-order valence-electron chi connectivity index (χ4n) is 2.10. The van der Waals surface area contributed by atoms with E-state index >= 15 is 0 Å². The van der Waals surface area contributed by atoms with Crippen LogP contribution in [0.15, 0.2) is 0 Å². The highest BCUT2D eigenvalue weighted by molar-refractivity contribution is 4.87. The van der Waals surface area contributed by atoms with Crippen molar-refractivity contribution in [1.82, 2.24) is 4.90 Å². The molecule has 0 amide bonds. The minimum atomic E-state index is -0.543. The average Bonchev–Trinajstić information content (AvgIpc) is 2.49. The van der Waals surface area contributed by atoms with Gasteiger partial charge in [-0.05, 0) is 38.6 Å². The molecule has 0 spiro atoms. The lowest BCUT2D eigenvalue weighted by molar-refractivity contribution is 0.0406. The van der Waals surface area contributed by atoms with Gasteiger partial charge in [0.25, 0.3) is 0 Å². The van der Waals surface area contributed by atoms with E-state index < -0.39 is 5.60 Å². The first kappa shape index (κ1) is 14.9. The van der Waals surface area contributed by atoms with Crippen LogP contribution in [0.5, 0.6) is 0 Å². The molecule has 0 unspecified atom stereocenters. The van der Waals surface area contributed by atoms with E-state index in [4.69, 9.17) is 0 Å². The number of nitrogens with zero attached hydrogens (tertiary/aromatic N) is 1. The van der Waals surface area contributed by atoms with Crippen molar-refractivity contribution in [3.8, 4) is 0 Å². The van der Waals surface area contributed by atoms with Gasteiger partial charge in [0.05, 0.1) is 5.60 Å². The SMILES string of the molecule is CC.CC[C@]1(C)CCN(CC(C)(C)O)C1. The highest BCUT2D eigenvalue weighted by Gasteiger charge is 2.33. The van der Waals surface area contributed by atoms with Crippen LogP contribution in [-0.2, 0) is 0 Å². The molecule has 0 aromatic heterocycles. The first-order valence-electron chi connectivity index (χ1n) is 6.29. The predicted molar refractivity (Wildman–Crippen MR) is 67.1 cm³/mol. The van der Waals surface area contributed by atoms with Gasteiger partial charge in [0, 0.05) is 13.1 Å². The molecule has 2 heteroatoms. The number of hydrogen-bond acceptors (Lipinski definition) is 2. The van der Waals surface area contributed by atoms with E-state index in [1.807, 2.05) is 27.7 Å². The molecular formula is C13H29NO. The molecule has 92 valence electrons. The van der Waals surface area contributed by atoms with Crippen molar-refractivity contribution in [2.24, 2.45) is 5.41 Å². The van der Waals surface area contributed by atoms with Crippen LogP contribution in [0.3, 0.4) is 0 Å². The quantitative estimate of drug-likeness (QED) is 0.782. The van der Waals surface area contributed by atoms with Crippen LogP contribution in [0.25, 0.3) is 0 Å². The molecular weight excluding hydrogens is 186 g/mol. The highest BCUT2D eigenvalue weighted by atomic mass is 16.3. The summed E-state index contributed by atoms with van der Waals surface area (Å²) in [6, 6.07) is 0. The summed E-state index contributed by atoms with van der Waals surface area (Å²) in [6.07, 6.45) is 2.52. The minimum Gasteiger partial charge on any atom is -0.389 e. The van der Waals surface area contributed by atoms with Crippen molar-refractivity contribution in [3.05, 3.63) is 0 Å². The molecule has 0 saturated carbocycles. The predicted octanol–water partition coefficient (Wildman–Crippen LogP) is 2.91. The van der Waals surface area contributed by atoms with Gasteiger partial charge in [0.15, 0.2) is 0 Å². The minimum absolute atomic E-state index is 0.491. The maximum Gasteiger partial charge on any atom is 0.0718 e. The molecule has 1 fully saturated rings. The van der Waals surface area contributed by atoms with Crippen molar-refractivity contribution < 1.29 is 5.11 Å². The van der Waals surface area contributed by atoms with Crippen LogP contribution in [0.1, 0.15) is 54.4 Å². The zero-order valence-corrected chi connectivity index (χ0v) is 11.4. The summed E-state index contributed by atoms with van der Waals surface area (Å²) in [5, 5.41) is 9.68. The second-order valence-corrected chi connectivity index (χ2v) is 5.44. The normalized spacial score (nSPS) is 27.4. The van der Waals surface area contributed by atoms with Crippen LogP contribution < -0.4 is 0 Å². The summed E-state index contributed by atoms with van der Waals surface area (Å²) in [6.45, 7) is 15.5. The summed E-state index contributed by atoms with van der Waals surface area (Å²) >= 11 is 0. The van der Waals surface area contributed by atoms with Crippen molar-refractivity contribution in [2.45, 2.75) is 60.0 Å². The van der Waals surface area contributed by atoms with Crippen molar-refractivity contribution in [1.29, 1.82) is 0 Å². The molecule has 0 aliphatic carbocycles. The molecule has 1 aliphatic heterocycles. The summed E-state index contributed by atoms with van der Waals surface area (Å²) in [7, 11) is 0. The maximum atomic E-state index is 9.68. The molecule has 1 aliphatic rings.